The van der Waals surface area contributed by atoms with Crippen LogP contribution in [0.2, 0.25) is 0 Å². The molecule has 1 rings (SSSR count). The van der Waals surface area contributed by atoms with Gasteiger partial charge in [-0.25, -0.2) is 4.99 Å². The lowest BCUT2D eigenvalue weighted by molar-refractivity contribution is 0.162. The van der Waals surface area contributed by atoms with Gasteiger partial charge in [-0.15, -0.1) is 0 Å². The number of rotatable bonds is 6. The molecule has 0 aromatic heterocycles. The van der Waals surface area contributed by atoms with Crippen molar-refractivity contribution in [3.05, 3.63) is 0 Å². The fourth-order valence-electron chi connectivity index (χ4n) is 2.27. The van der Waals surface area contributed by atoms with Crippen molar-refractivity contribution < 1.29 is 4.74 Å². The molecule has 0 aromatic carbocycles. The van der Waals surface area contributed by atoms with Crippen LogP contribution in [-0.2, 0) is 4.74 Å². The van der Waals surface area contributed by atoms with E-state index < -0.39 is 0 Å². The molecule has 4 nitrogen and oxygen atoms in total. The molecule has 0 radical (unpaired) electrons. The molecule has 17 heavy (non-hydrogen) atoms. The summed E-state index contributed by atoms with van der Waals surface area (Å²) in [5, 5.41) is 0. The second-order valence-electron chi connectivity index (χ2n) is 4.87. The van der Waals surface area contributed by atoms with Crippen molar-refractivity contribution in [2.45, 2.75) is 58.0 Å². The average Bonchev–Trinajstić information content (AvgIpc) is 2.81. The van der Waals surface area contributed by atoms with Crippen LogP contribution >= 0.6 is 0 Å². The van der Waals surface area contributed by atoms with Gasteiger partial charge in [-0.3, -0.25) is 0 Å². The lowest BCUT2D eigenvalue weighted by Crippen LogP contribution is -2.45. The zero-order valence-electron chi connectivity index (χ0n) is 11.5. The summed E-state index contributed by atoms with van der Waals surface area (Å²) in [6, 6.07) is 0.874. The molecule has 1 aliphatic carbocycles. The van der Waals surface area contributed by atoms with Crippen molar-refractivity contribution in [1.29, 1.82) is 0 Å². The molecule has 0 amide bonds. The lowest BCUT2D eigenvalue weighted by Gasteiger charge is -2.29. The molecule has 100 valence electrons. The molecule has 0 saturated heterocycles. The topological polar surface area (TPSA) is 50.9 Å². The standard InChI is InChI=1S/C13H27N3O/c1-4-11(2)16(9-10-17-3)13(14)15-12-7-5-6-8-12/h11-12H,4-10H2,1-3H3,(H2,14,15). The van der Waals surface area contributed by atoms with E-state index in [-0.39, 0.29) is 0 Å². The van der Waals surface area contributed by atoms with E-state index in [9.17, 15) is 0 Å². The van der Waals surface area contributed by atoms with Crippen LogP contribution in [0.5, 0.6) is 0 Å². The van der Waals surface area contributed by atoms with Crippen LogP contribution in [0, 0.1) is 0 Å². The Morgan fingerprint density at radius 1 is 1.47 bits per heavy atom. The molecule has 0 aliphatic heterocycles. The average molecular weight is 241 g/mol. The first-order chi connectivity index (χ1) is 8.19. The highest BCUT2D eigenvalue weighted by atomic mass is 16.5. The predicted octanol–water partition coefficient (Wildman–Crippen LogP) is 1.99. The van der Waals surface area contributed by atoms with Crippen LogP contribution in [0.1, 0.15) is 46.0 Å². The number of methoxy groups -OCH3 is 1. The van der Waals surface area contributed by atoms with Gasteiger partial charge in [-0.2, -0.15) is 0 Å². The Morgan fingerprint density at radius 2 is 2.12 bits per heavy atom. The Hall–Kier alpha value is -0.770. The lowest BCUT2D eigenvalue weighted by atomic mass is 10.2. The van der Waals surface area contributed by atoms with E-state index in [2.05, 4.69) is 23.7 Å². The summed E-state index contributed by atoms with van der Waals surface area (Å²) in [5.74, 6) is 0.698. The normalized spacial score (nSPS) is 19.6. The quantitative estimate of drug-likeness (QED) is 0.571. The minimum absolute atomic E-state index is 0.426. The zero-order valence-corrected chi connectivity index (χ0v) is 11.5. The number of guanidine groups is 1. The van der Waals surface area contributed by atoms with E-state index in [1.165, 1.54) is 25.7 Å². The first kappa shape index (κ1) is 14.3. The van der Waals surface area contributed by atoms with Gasteiger partial charge in [0.15, 0.2) is 5.96 Å². The predicted molar refractivity (Wildman–Crippen MR) is 72.2 cm³/mol. The van der Waals surface area contributed by atoms with Crippen LogP contribution in [0.4, 0.5) is 0 Å². The second-order valence-corrected chi connectivity index (χ2v) is 4.87. The maximum Gasteiger partial charge on any atom is 0.191 e. The number of nitrogens with zero attached hydrogens (tertiary/aromatic N) is 2. The van der Waals surface area contributed by atoms with Crippen molar-refractivity contribution in [1.82, 2.24) is 4.90 Å². The van der Waals surface area contributed by atoms with E-state index in [4.69, 9.17) is 10.5 Å². The largest absolute Gasteiger partial charge is 0.383 e. The first-order valence-corrected chi connectivity index (χ1v) is 6.77. The molecule has 1 fully saturated rings. The SMILES string of the molecule is CCC(C)N(CCOC)C(N)=NC1CCCC1. The van der Waals surface area contributed by atoms with Crippen LogP contribution in [0.15, 0.2) is 4.99 Å². The van der Waals surface area contributed by atoms with Gasteiger partial charge in [0.25, 0.3) is 0 Å². The van der Waals surface area contributed by atoms with Gasteiger partial charge in [0, 0.05) is 19.7 Å². The molecule has 0 aromatic rings. The van der Waals surface area contributed by atoms with E-state index in [0.717, 1.165) is 13.0 Å². The maximum absolute atomic E-state index is 6.14. The van der Waals surface area contributed by atoms with Crippen LogP contribution in [0.25, 0.3) is 0 Å². The fourth-order valence-corrected chi connectivity index (χ4v) is 2.27. The first-order valence-electron chi connectivity index (χ1n) is 6.77. The summed E-state index contributed by atoms with van der Waals surface area (Å²) in [6.45, 7) is 5.89. The third-order valence-electron chi connectivity index (χ3n) is 3.59. The van der Waals surface area contributed by atoms with Crippen LogP contribution in [0.3, 0.4) is 0 Å². The molecule has 0 bridgehead atoms. The summed E-state index contributed by atoms with van der Waals surface area (Å²) in [7, 11) is 1.72. The number of aliphatic imine (C=N–C) groups is 1. The van der Waals surface area contributed by atoms with Gasteiger partial charge < -0.3 is 15.4 Å². The van der Waals surface area contributed by atoms with Gasteiger partial charge in [-0.1, -0.05) is 19.8 Å². The monoisotopic (exact) mass is 241 g/mol. The number of hydrogen-bond acceptors (Lipinski definition) is 2. The summed E-state index contributed by atoms with van der Waals surface area (Å²) in [6.07, 6.45) is 6.05. The third kappa shape index (κ3) is 4.54. The van der Waals surface area contributed by atoms with Gasteiger partial charge >= 0.3 is 0 Å². The van der Waals surface area contributed by atoms with E-state index in [0.29, 0.717) is 24.7 Å². The highest BCUT2D eigenvalue weighted by Gasteiger charge is 2.18. The van der Waals surface area contributed by atoms with E-state index >= 15 is 0 Å². The zero-order chi connectivity index (χ0) is 12.7. The fraction of sp³-hybridized carbons (Fsp3) is 0.923. The Bertz CT molecular complexity index is 237. The minimum atomic E-state index is 0.426. The number of ether oxygens (including phenoxy) is 1. The maximum atomic E-state index is 6.14. The van der Waals surface area contributed by atoms with E-state index in [1.54, 1.807) is 7.11 Å². The Morgan fingerprint density at radius 3 is 2.65 bits per heavy atom. The molecule has 0 heterocycles. The summed E-state index contributed by atoms with van der Waals surface area (Å²) in [4.78, 5) is 6.83. The smallest absolute Gasteiger partial charge is 0.191 e. The molecular formula is C13H27N3O. The Labute approximate surface area is 105 Å². The highest BCUT2D eigenvalue weighted by molar-refractivity contribution is 5.78. The molecule has 1 atom stereocenters. The minimum Gasteiger partial charge on any atom is -0.383 e. The summed E-state index contributed by atoms with van der Waals surface area (Å²) >= 11 is 0. The molecule has 1 unspecified atom stereocenters. The molecule has 4 heteroatoms. The van der Waals surface area contributed by atoms with Gasteiger partial charge in [-0.05, 0) is 26.2 Å². The Kier molecular flexibility index (Phi) is 6.34. The van der Waals surface area contributed by atoms with Gasteiger partial charge in [0.2, 0.25) is 0 Å². The van der Waals surface area contributed by atoms with Crippen molar-refractivity contribution in [2.24, 2.45) is 10.7 Å². The van der Waals surface area contributed by atoms with E-state index in [1.807, 2.05) is 0 Å². The molecule has 0 spiro atoms. The molecular weight excluding hydrogens is 214 g/mol. The van der Waals surface area contributed by atoms with Crippen molar-refractivity contribution in [3.63, 3.8) is 0 Å². The summed E-state index contributed by atoms with van der Waals surface area (Å²) in [5.41, 5.74) is 6.14. The number of hydrogen-bond donors (Lipinski definition) is 1. The van der Waals surface area contributed by atoms with Crippen molar-refractivity contribution in [2.75, 3.05) is 20.3 Å². The third-order valence-corrected chi connectivity index (χ3v) is 3.59. The molecule has 1 saturated carbocycles. The molecule has 1 aliphatic rings. The van der Waals surface area contributed by atoms with Crippen LogP contribution < -0.4 is 5.73 Å². The Balaban J connectivity index is 2.59. The second kappa shape index (κ2) is 7.54. The van der Waals surface area contributed by atoms with Gasteiger partial charge in [0.05, 0.1) is 12.6 Å². The summed E-state index contributed by atoms with van der Waals surface area (Å²) < 4.78 is 5.13. The van der Waals surface area contributed by atoms with Crippen molar-refractivity contribution in [3.8, 4) is 0 Å². The highest BCUT2D eigenvalue weighted by Crippen LogP contribution is 2.21. The molecule has 2 N–H and O–H groups in total. The van der Waals surface area contributed by atoms with Crippen LogP contribution in [-0.4, -0.2) is 43.2 Å². The van der Waals surface area contributed by atoms with Crippen molar-refractivity contribution >= 4 is 5.96 Å². The van der Waals surface area contributed by atoms with Gasteiger partial charge in [0.1, 0.15) is 0 Å². The number of nitrogens with two attached hydrogens (primary N) is 1.